The van der Waals surface area contributed by atoms with Crippen LogP contribution >= 0.6 is 0 Å². The van der Waals surface area contributed by atoms with E-state index >= 15 is 0 Å². The molecule has 0 nitrogen and oxygen atoms in total. The average molecular weight is 315 g/mol. The SMILES string of the molecule is C=C(CCCC(CCC)C1CCCCC1)CC1C=CC(C)=CC1. The van der Waals surface area contributed by atoms with Crippen LogP contribution in [0, 0.1) is 17.8 Å². The molecular weight excluding hydrogens is 276 g/mol. The van der Waals surface area contributed by atoms with Gasteiger partial charge in [0.1, 0.15) is 0 Å². The summed E-state index contributed by atoms with van der Waals surface area (Å²) < 4.78 is 0. The first-order chi connectivity index (χ1) is 11.2. The first-order valence-electron chi connectivity index (χ1n) is 10.2. The topological polar surface area (TPSA) is 0 Å². The molecule has 0 aliphatic heterocycles. The summed E-state index contributed by atoms with van der Waals surface area (Å²) in [5.41, 5.74) is 2.90. The Hall–Kier alpha value is -0.780. The quantitative estimate of drug-likeness (QED) is 0.384. The van der Waals surface area contributed by atoms with Gasteiger partial charge in [0, 0.05) is 0 Å². The van der Waals surface area contributed by atoms with E-state index in [1.807, 2.05) is 0 Å². The monoisotopic (exact) mass is 314 g/mol. The van der Waals surface area contributed by atoms with Crippen LogP contribution in [-0.4, -0.2) is 0 Å². The molecule has 0 aromatic heterocycles. The molecule has 2 unspecified atom stereocenters. The van der Waals surface area contributed by atoms with Gasteiger partial charge < -0.3 is 0 Å². The van der Waals surface area contributed by atoms with E-state index in [1.54, 1.807) is 0 Å². The predicted octanol–water partition coefficient (Wildman–Crippen LogP) is 7.62. The van der Waals surface area contributed by atoms with Gasteiger partial charge in [-0.3, -0.25) is 0 Å². The number of rotatable bonds is 9. The van der Waals surface area contributed by atoms with Crippen LogP contribution in [0.3, 0.4) is 0 Å². The molecule has 1 saturated carbocycles. The van der Waals surface area contributed by atoms with Crippen LogP contribution in [-0.2, 0) is 0 Å². The number of allylic oxidation sites excluding steroid dienone is 5. The third-order valence-corrected chi connectivity index (χ3v) is 6.01. The molecule has 0 N–H and O–H groups in total. The lowest BCUT2D eigenvalue weighted by Gasteiger charge is -2.30. The average Bonchev–Trinajstić information content (AvgIpc) is 2.57. The van der Waals surface area contributed by atoms with E-state index < -0.39 is 0 Å². The zero-order valence-corrected chi connectivity index (χ0v) is 15.7. The minimum absolute atomic E-state index is 0.705. The Balaban J connectivity index is 1.67. The minimum atomic E-state index is 0.705. The van der Waals surface area contributed by atoms with Gasteiger partial charge in [-0.15, -0.1) is 0 Å². The maximum Gasteiger partial charge on any atom is -0.0158 e. The summed E-state index contributed by atoms with van der Waals surface area (Å²) in [7, 11) is 0. The normalized spacial score (nSPS) is 23.6. The van der Waals surface area contributed by atoms with Crippen LogP contribution in [0.25, 0.3) is 0 Å². The van der Waals surface area contributed by atoms with Crippen molar-refractivity contribution in [2.75, 3.05) is 0 Å². The van der Waals surface area contributed by atoms with Gasteiger partial charge >= 0.3 is 0 Å². The van der Waals surface area contributed by atoms with Crippen molar-refractivity contribution in [2.45, 2.75) is 90.9 Å². The van der Waals surface area contributed by atoms with E-state index in [4.69, 9.17) is 0 Å². The van der Waals surface area contributed by atoms with Crippen molar-refractivity contribution in [1.82, 2.24) is 0 Å². The fourth-order valence-corrected chi connectivity index (χ4v) is 4.60. The Labute approximate surface area is 145 Å². The van der Waals surface area contributed by atoms with E-state index in [-0.39, 0.29) is 0 Å². The van der Waals surface area contributed by atoms with Gasteiger partial charge in [0.05, 0.1) is 0 Å². The Morgan fingerprint density at radius 1 is 1.22 bits per heavy atom. The van der Waals surface area contributed by atoms with Crippen molar-refractivity contribution < 1.29 is 0 Å². The van der Waals surface area contributed by atoms with Gasteiger partial charge in [-0.2, -0.15) is 0 Å². The Morgan fingerprint density at radius 3 is 2.65 bits per heavy atom. The third-order valence-electron chi connectivity index (χ3n) is 6.01. The second-order valence-corrected chi connectivity index (χ2v) is 8.10. The van der Waals surface area contributed by atoms with E-state index in [2.05, 4.69) is 38.7 Å². The molecule has 0 spiro atoms. The Kier molecular flexibility index (Phi) is 8.20. The lowest BCUT2D eigenvalue weighted by atomic mass is 9.76. The molecule has 2 rings (SSSR count). The molecule has 2 atom stereocenters. The van der Waals surface area contributed by atoms with Gasteiger partial charge in [0.25, 0.3) is 0 Å². The Morgan fingerprint density at radius 2 is 2.00 bits per heavy atom. The van der Waals surface area contributed by atoms with Crippen LogP contribution in [0.15, 0.2) is 36.0 Å². The lowest BCUT2D eigenvalue weighted by molar-refractivity contribution is 0.219. The van der Waals surface area contributed by atoms with E-state index in [9.17, 15) is 0 Å². The fraction of sp³-hybridized carbons (Fsp3) is 0.739. The summed E-state index contributed by atoms with van der Waals surface area (Å²) in [6, 6.07) is 0. The third kappa shape index (κ3) is 6.69. The predicted molar refractivity (Wildman–Crippen MR) is 104 cm³/mol. The molecule has 0 bridgehead atoms. The molecule has 2 aliphatic rings. The molecule has 130 valence electrons. The summed E-state index contributed by atoms with van der Waals surface area (Å²) in [6.07, 6.45) is 23.8. The molecule has 0 radical (unpaired) electrons. The Bertz CT molecular complexity index is 406. The molecule has 0 aromatic carbocycles. The van der Waals surface area contributed by atoms with Gasteiger partial charge in [0.2, 0.25) is 0 Å². The standard InChI is InChI=1S/C23H38/c1-4-9-22(23-11-6-5-7-12-23)13-8-10-20(3)18-21-16-14-19(2)15-17-21/h14-16,21-23H,3-13,17-18H2,1-2H3. The molecule has 0 saturated heterocycles. The summed E-state index contributed by atoms with van der Waals surface area (Å²) in [4.78, 5) is 0. The summed E-state index contributed by atoms with van der Waals surface area (Å²) >= 11 is 0. The molecule has 0 amide bonds. The van der Waals surface area contributed by atoms with Gasteiger partial charge in [-0.1, -0.05) is 87.8 Å². The maximum absolute atomic E-state index is 4.37. The second-order valence-electron chi connectivity index (χ2n) is 8.10. The highest BCUT2D eigenvalue weighted by molar-refractivity contribution is 5.22. The molecule has 23 heavy (non-hydrogen) atoms. The molecule has 0 aromatic rings. The molecular formula is C23H38. The first kappa shape index (κ1) is 18.6. The zero-order chi connectivity index (χ0) is 16.5. The van der Waals surface area contributed by atoms with Crippen LogP contribution in [0.4, 0.5) is 0 Å². The zero-order valence-electron chi connectivity index (χ0n) is 15.7. The van der Waals surface area contributed by atoms with Crippen LogP contribution in [0.1, 0.15) is 90.9 Å². The van der Waals surface area contributed by atoms with E-state index in [1.165, 1.54) is 88.2 Å². The largest absolute Gasteiger partial charge is 0.0998 e. The highest BCUT2D eigenvalue weighted by Gasteiger charge is 2.22. The summed E-state index contributed by atoms with van der Waals surface area (Å²) in [5, 5.41) is 0. The van der Waals surface area contributed by atoms with Crippen molar-refractivity contribution >= 4 is 0 Å². The van der Waals surface area contributed by atoms with E-state index in [0.717, 1.165) is 11.8 Å². The minimum Gasteiger partial charge on any atom is -0.0998 e. The van der Waals surface area contributed by atoms with Crippen molar-refractivity contribution in [1.29, 1.82) is 0 Å². The van der Waals surface area contributed by atoms with Crippen molar-refractivity contribution in [2.24, 2.45) is 17.8 Å². The molecule has 1 fully saturated rings. The van der Waals surface area contributed by atoms with Gasteiger partial charge in [-0.05, 0) is 56.8 Å². The molecule has 0 heterocycles. The van der Waals surface area contributed by atoms with Gasteiger partial charge in [-0.25, -0.2) is 0 Å². The van der Waals surface area contributed by atoms with Crippen molar-refractivity contribution in [3.05, 3.63) is 36.0 Å². The molecule has 2 aliphatic carbocycles. The fourth-order valence-electron chi connectivity index (χ4n) is 4.60. The van der Waals surface area contributed by atoms with Crippen molar-refractivity contribution in [3.8, 4) is 0 Å². The first-order valence-corrected chi connectivity index (χ1v) is 10.2. The van der Waals surface area contributed by atoms with Crippen molar-refractivity contribution in [3.63, 3.8) is 0 Å². The van der Waals surface area contributed by atoms with Crippen LogP contribution in [0.5, 0.6) is 0 Å². The summed E-state index contributed by atoms with van der Waals surface area (Å²) in [5.74, 6) is 2.73. The maximum atomic E-state index is 4.37. The van der Waals surface area contributed by atoms with Gasteiger partial charge in [0.15, 0.2) is 0 Å². The van der Waals surface area contributed by atoms with E-state index in [0.29, 0.717) is 5.92 Å². The highest BCUT2D eigenvalue weighted by atomic mass is 14.3. The van der Waals surface area contributed by atoms with Crippen LogP contribution in [0.2, 0.25) is 0 Å². The highest BCUT2D eigenvalue weighted by Crippen LogP contribution is 2.35. The number of hydrogen-bond acceptors (Lipinski definition) is 0. The van der Waals surface area contributed by atoms with Crippen LogP contribution < -0.4 is 0 Å². The smallest absolute Gasteiger partial charge is 0.0158 e. The number of hydrogen-bond donors (Lipinski definition) is 0. The molecule has 0 heteroatoms. The second kappa shape index (κ2) is 10.2. The lowest BCUT2D eigenvalue weighted by Crippen LogP contribution is -2.18. The summed E-state index contributed by atoms with van der Waals surface area (Å²) in [6.45, 7) is 8.92.